The monoisotopic (exact) mass is 452 g/mol. The molecular weight excluding hydrogens is 431 g/mol. The Morgan fingerprint density at radius 1 is 1.34 bits per heavy atom. The molecule has 1 aliphatic heterocycles. The number of likely N-dealkylation sites (tertiary alicyclic amines) is 1. The number of nitrogens with zero attached hydrogens (tertiary/aromatic N) is 2. The van der Waals surface area contributed by atoms with Crippen LogP contribution >= 0.6 is 11.3 Å². The van der Waals surface area contributed by atoms with E-state index >= 15 is 0 Å². The van der Waals surface area contributed by atoms with E-state index < -0.39 is 5.92 Å². The predicted molar refractivity (Wildman–Crippen MR) is 121 cm³/mol. The Balaban J connectivity index is 1.22. The molecule has 9 heteroatoms. The number of benzene rings is 2. The second-order valence-corrected chi connectivity index (χ2v) is 8.87. The van der Waals surface area contributed by atoms with E-state index in [0.29, 0.717) is 24.6 Å². The lowest BCUT2D eigenvalue weighted by Crippen LogP contribution is -2.29. The SMILES string of the molecule is COc1ccc2nc(NC(=O)[C@H]3CC(=O)N(CCc4c[nH]c5ccc(F)cc45)C3)sc2c1. The summed E-state index contributed by atoms with van der Waals surface area (Å²) in [5, 5.41) is 4.18. The summed E-state index contributed by atoms with van der Waals surface area (Å²) in [6.45, 7) is 0.840. The molecule has 164 valence electrons. The molecule has 2 aromatic heterocycles. The van der Waals surface area contributed by atoms with Gasteiger partial charge < -0.3 is 19.9 Å². The van der Waals surface area contributed by atoms with Crippen molar-refractivity contribution in [1.82, 2.24) is 14.9 Å². The molecule has 5 rings (SSSR count). The van der Waals surface area contributed by atoms with Gasteiger partial charge in [-0.1, -0.05) is 11.3 Å². The van der Waals surface area contributed by atoms with Gasteiger partial charge in [-0.2, -0.15) is 0 Å². The Morgan fingerprint density at radius 2 is 2.22 bits per heavy atom. The highest BCUT2D eigenvalue weighted by Gasteiger charge is 2.34. The van der Waals surface area contributed by atoms with Crippen LogP contribution in [0.2, 0.25) is 0 Å². The molecule has 1 aliphatic rings. The van der Waals surface area contributed by atoms with Gasteiger partial charge in [-0.3, -0.25) is 9.59 Å². The first-order valence-electron chi connectivity index (χ1n) is 10.3. The van der Waals surface area contributed by atoms with Crippen molar-refractivity contribution >= 4 is 49.4 Å². The van der Waals surface area contributed by atoms with Crippen LogP contribution in [0.4, 0.5) is 9.52 Å². The van der Waals surface area contributed by atoms with Crippen LogP contribution in [0.15, 0.2) is 42.6 Å². The van der Waals surface area contributed by atoms with Gasteiger partial charge in [0.2, 0.25) is 11.8 Å². The molecular formula is C23H21FN4O3S. The van der Waals surface area contributed by atoms with Gasteiger partial charge in [0.1, 0.15) is 11.6 Å². The Labute approximate surface area is 187 Å². The molecule has 0 unspecified atom stereocenters. The van der Waals surface area contributed by atoms with Crippen molar-refractivity contribution in [2.24, 2.45) is 5.92 Å². The van der Waals surface area contributed by atoms with Gasteiger partial charge in [-0.05, 0) is 48.4 Å². The summed E-state index contributed by atoms with van der Waals surface area (Å²) >= 11 is 1.37. The fourth-order valence-corrected chi connectivity index (χ4v) is 4.97. The normalized spacial score (nSPS) is 16.2. The number of H-pyrrole nitrogens is 1. The van der Waals surface area contributed by atoms with Crippen LogP contribution < -0.4 is 10.1 Å². The van der Waals surface area contributed by atoms with E-state index in [0.717, 1.165) is 32.4 Å². The fraction of sp³-hybridized carbons (Fsp3) is 0.261. The number of nitrogens with one attached hydrogen (secondary N) is 2. The van der Waals surface area contributed by atoms with E-state index in [1.54, 1.807) is 18.1 Å². The largest absolute Gasteiger partial charge is 0.497 e. The van der Waals surface area contributed by atoms with E-state index in [2.05, 4.69) is 15.3 Å². The second kappa shape index (κ2) is 8.23. The molecule has 2 N–H and O–H groups in total. The van der Waals surface area contributed by atoms with Gasteiger partial charge in [0, 0.05) is 36.6 Å². The van der Waals surface area contributed by atoms with Crippen molar-refractivity contribution in [3.05, 3.63) is 54.0 Å². The average Bonchev–Trinajstić information content (AvgIpc) is 3.47. The number of methoxy groups -OCH3 is 1. The quantitative estimate of drug-likeness (QED) is 0.464. The molecule has 32 heavy (non-hydrogen) atoms. The lowest BCUT2D eigenvalue weighted by Gasteiger charge is -2.16. The van der Waals surface area contributed by atoms with E-state index in [1.165, 1.54) is 23.5 Å². The van der Waals surface area contributed by atoms with E-state index in [4.69, 9.17) is 4.74 Å². The van der Waals surface area contributed by atoms with E-state index in [-0.39, 0.29) is 24.1 Å². The van der Waals surface area contributed by atoms with Crippen molar-refractivity contribution < 1.29 is 18.7 Å². The summed E-state index contributed by atoms with van der Waals surface area (Å²) in [6, 6.07) is 10.2. The summed E-state index contributed by atoms with van der Waals surface area (Å²) in [5.74, 6) is -0.245. The number of amides is 2. The number of carbonyl (C=O) groups excluding carboxylic acids is 2. The molecule has 1 fully saturated rings. The first-order valence-corrected chi connectivity index (χ1v) is 11.1. The number of rotatable bonds is 6. The lowest BCUT2D eigenvalue weighted by molar-refractivity contribution is -0.128. The van der Waals surface area contributed by atoms with Gasteiger partial charge in [0.25, 0.3) is 0 Å². The first-order chi connectivity index (χ1) is 15.5. The molecule has 0 aliphatic carbocycles. The van der Waals surface area contributed by atoms with Crippen molar-refractivity contribution in [1.29, 1.82) is 0 Å². The average molecular weight is 453 g/mol. The summed E-state index contributed by atoms with van der Waals surface area (Å²) < 4.78 is 19.7. The van der Waals surface area contributed by atoms with Gasteiger partial charge in [0.15, 0.2) is 5.13 Å². The zero-order chi connectivity index (χ0) is 22.2. The van der Waals surface area contributed by atoms with Crippen molar-refractivity contribution in [3.63, 3.8) is 0 Å². The maximum atomic E-state index is 13.6. The molecule has 1 atom stereocenters. The minimum absolute atomic E-state index is 0.0507. The summed E-state index contributed by atoms with van der Waals surface area (Å²) in [6.07, 6.45) is 2.60. The summed E-state index contributed by atoms with van der Waals surface area (Å²) in [7, 11) is 1.60. The molecule has 0 spiro atoms. The predicted octanol–water partition coefficient (Wildman–Crippen LogP) is 3.96. The number of halogens is 1. The van der Waals surface area contributed by atoms with Gasteiger partial charge in [-0.25, -0.2) is 9.37 Å². The Hall–Kier alpha value is -3.46. The van der Waals surface area contributed by atoms with Crippen LogP contribution in [-0.4, -0.2) is 46.9 Å². The Kier molecular flexibility index (Phi) is 5.26. The maximum absolute atomic E-state index is 13.6. The molecule has 3 heterocycles. The van der Waals surface area contributed by atoms with Crippen LogP contribution in [-0.2, 0) is 16.0 Å². The van der Waals surface area contributed by atoms with Crippen LogP contribution in [0.25, 0.3) is 21.1 Å². The molecule has 4 aromatic rings. The molecule has 0 saturated carbocycles. The summed E-state index contributed by atoms with van der Waals surface area (Å²) in [4.78, 5) is 34.5. The molecule has 2 amide bonds. The highest BCUT2D eigenvalue weighted by Crippen LogP contribution is 2.30. The third-order valence-corrected chi connectivity index (χ3v) is 6.73. The van der Waals surface area contributed by atoms with Crippen LogP contribution in [0.3, 0.4) is 0 Å². The molecule has 0 bridgehead atoms. The number of aromatic amines is 1. The molecule has 0 radical (unpaired) electrons. The van der Waals surface area contributed by atoms with Crippen LogP contribution in [0.1, 0.15) is 12.0 Å². The van der Waals surface area contributed by atoms with E-state index in [1.807, 2.05) is 24.4 Å². The lowest BCUT2D eigenvalue weighted by atomic mass is 10.1. The van der Waals surface area contributed by atoms with E-state index in [9.17, 15) is 14.0 Å². The number of fused-ring (bicyclic) bond motifs is 2. The van der Waals surface area contributed by atoms with Gasteiger partial charge >= 0.3 is 0 Å². The topological polar surface area (TPSA) is 87.3 Å². The number of hydrogen-bond acceptors (Lipinski definition) is 5. The molecule has 1 saturated heterocycles. The standard InChI is InChI=1S/C23H21FN4O3S/c1-31-16-3-5-19-20(10-16)32-23(26-19)27-22(30)14-8-21(29)28(12-14)7-6-13-11-25-18-4-2-15(24)9-17(13)18/h2-5,9-11,14,25H,6-8,12H2,1H3,(H,26,27,30)/t14-/m0/s1. The first kappa shape index (κ1) is 20.4. The van der Waals surface area contributed by atoms with Crippen molar-refractivity contribution in [3.8, 4) is 5.75 Å². The van der Waals surface area contributed by atoms with Crippen LogP contribution in [0, 0.1) is 11.7 Å². The minimum atomic E-state index is -0.426. The Morgan fingerprint density at radius 3 is 3.06 bits per heavy atom. The fourth-order valence-electron chi connectivity index (χ4n) is 4.07. The second-order valence-electron chi connectivity index (χ2n) is 7.84. The number of thiazole rings is 1. The third kappa shape index (κ3) is 3.91. The summed E-state index contributed by atoms with van der Waals surface area (Å²) in [5.41, 5.74) is 2.59. The highest BCUT2D eigenvalue weighted by molar-refractivity contribution is 7.22. The number of carbonyl (C=O) groups is 2. The number of hydrogen-bond donors (Lipinski definition) is 2. The molecule has 2 aromatic carbocycles. The van der Waals surface area contributed by atoms with Crippen molar-refractivity contribution in [2.45, 2.75) is 12.8 Å². The smallest absolute Gasteiger partial charge is 0.231 e. The Bertz CT molecular complexity index is 1330. The maximum Gasteiger partial charge on any atom is 0.231 e. The number of anilines is 1. The zero-order valence-electron chi connectivity index (χ0n) is 17.4. The highest BCUT2D eigenvalue weighted by atomic mass is 32.1. The zero-order valence-corrected chi connectivity index (χ0v) is 18.2. The third-order valence-electron chi connectivity index (χ3n) is 5.79. The number of ether oxygens (including phenoxy) is 1. The number of aromatic nitrogens is 2. The van der Waals surface area contributed by atoms with Crippen molar-refractivity contribution in [2.75, 3.05) is 25.5 Å². The van der Waals surface area contributed by atoms with Crippen LogP contribution in [0.5, 0.6) is 5.75 Å². The molecule has 7 nitrogen and oxygen atoms in total. The minimum Gasteiger partial charge on any atom is -0.497 e. The van der Waals surface area contributed by atoms with Gasteiger partial charge in [-0.15, -0.1) is 0 Å². The van der Waals surface area contributed by atoms with Gasteiger partial charge in [0.05, 0.1) is 23.2 Å².